The van der Waals surface area contributed by atoms with E-state index in [2.05, 4.69) is 0 Å². The molecule has 0 amide bonds. The molecule has 0 N–H and O–H groups in total. The molecule has 3 heteroatoms. The van der Waals surface area contributed by atoms with Crippen molar-refractivity contribution in [2.24, 2.45) is 17.8 Å². The van der Waals surface area contributed by atoms with Crippen LogP contribution in [0.15, 0.2) is 0 Å². The minimum atomic E-state index is -2.61. The highest BCUT2D eigenvalue weighted by Crippen LogP contribution is 2.49. The molecule has 0 saturated heterocycles. The van der Waals surface area contributed by atoms with Crippen LogP contribution in [0.2, 0.25) is 0 Å². The Balaban J connectivity index is 2.16. The number of hydrogen-bond donors (Lipinski definition) is 0. The van der Waals surface area contributed by atoms with Gasteiger partial charge in [-0.25, -0.2) is 8.78 Å². The van der Waals surface area contributed by atoms with Crippen molar-refractivity contribution < 1.29 is 13.6 Å². The summed E-state index contributed by atoms with van der Waals surface area (Å²) < 4.78 is 26.5. The fourth-order valence-electron chi connectivity index (χ4n) is 2.66. The largest absolute Gasteiger partial charge is 0.299 e. The van der Waals surface area contributed by atoms with Crippen molar-refractivity contribution in [3.8, 4) is 0 Å². The van der Waals surface area contributed by atoms with Gasteiger partial charge in [0.1, 0.15) is 5.78 Å². The van der Waals surface area contributed by atoms with Gasteiger partial charge >= 0.3 is 0 Å². The summed E-state index contributed by atoms with van der Waals surface area (Å²) >= 11 is 0. The van der Waals surface area contributed by atoms with Gasteiger partial charge in [0.05, 0.1) is 0 Å². The molecule has 2 aliphatic rings. The van der Waals surface area contributed by atoms with E-state index in [0.717, 1.165) is 6.42 Å². The lowest BCUT2D eigenvalue weighted by Crippen LogP contribution is -2.39. The Labute approximate surface area is 76.5 Å². The minimum Gasteiger partial charge on any atom is -0.299 e. The summed E-state index contributed by atoms with van der Waals surface area (Å²) in [6, 6.07) is 0. The normalized spacial score (nSPS) is 43.3. The Morgan fingerprint density at radius 3 is 2.85 bits per heavy atom. The Morgan fingerprint density at radius 1 is 1.46 bits per heavy atom. The lowest BCUT2D eigenvalue weighted by Gasteiger charge is -2.35. The van der Waals surface area contributed by atoms with Gasteiger partial charge in [-0.2, -0.15) is 0 Å². The third kappa shape index (κ3) is 1.38. The molecular formula is C10H14F2O. The average Bonchev–Trinajstić information content (AvgIpc) is 2.34. The van der Waals surface area contributed by atoms with Gasteiger partial charge in [0.2, 0.25) is 0 Å². The number of fused-ring (bicyclic) bond motifs is 1. The van der Waals surface area contributed by atoms with E-state index >= 15 is 0 Å². The number of Topliss-reactive ketones (excluding diaryl/α,β-unsaturated/α-hetero) is 1. The summed E-state index contributed by atoms with van der Waals surface area (Å²) in [5.41, 5.74) is 0. The van der Waals surface area contributed by atoms with Gasteiger partial charge in [0.25, 0.3) is 5.92 Å². The highest BCUT2D eigenvalue weighted by Gasteiger charge is 2.50. The van der Waals surface area contributed by atoms with E-state index in [1.807, 2.05) is 0 Å². The molecule has 2 fully saturated rings. The van der Waals surface area contributed by atoms with E-state index in [1.165, 1.54) is 0 Å². The van der Waals surface area contributed by atoms with Gasteiger partial charge in [-0.15, -0.1) is 0 Å². The van der Waals surface area contributed by atoms with Crippen LogP contribution < -0.4 is 0 Å². The van der Waals surface area contributed by atoms with Crippen molar-refractivity contribution in [1.82, 2.24) is 0 Å². The van der Waals surface area contributed by atoms with Gasteiger partial charge in [0, 0.05) is 24.7 Å². The van der Waals surface area contributed by atoms with Crippen LogP contribution in [0, 0.1) is 17.8 Å². The lowest BCUT2D eigenvalue weighted by molar-refractivity contribution is -0.136. The molecule has 1 nitrogen and oxygen atoms in total. The SMILES string of the molecule is CC1CC2CCC(=O)C2CC1(F)F. The van der Waals surface area contributed by atoms with Crippen LogP contribution in [0.3, 0.4) is 0 Å². The highest BCUT2D eigenvalue weighted by atomic mass is 19.3. The Morgan fingerprint density at radius 2 is 2.15 bits per heavy atom. The molecular weight excluding hydrogens is 174 g/mol. The molecule has 74 valence electrons. The van der Waals surface area contributed by atoms with Crippen molar-refractivity contribution >= 4 is 5.78 Å². The maximum Gasteiger partial charge on any atom is 0.251 e. The quantitative estimate of drug-likeness (QED) is 0.571. The van der Waals surface area contributed by atoms with Gasteiger partial charge in [-0.3, -0.25) is 4.79 Å². The molecule has 0 aromatic rings. The van der Waals surface area contributed by atoms with Crippen molar-refractivity contribution in [2.45, 2.75) is 38.5 Å². The number of alkyl halides is 2. The van der Waals surface area contributed by atoms with E-state index in [4.69, 9.17) is 0 Å². The minimum absolute atomic E-state index is 0.0663. The molecule has 2 rings (SSSR count). The second-order valence-corrected chi connectivity index (χ2v) is 4.47. The highest BCUT2D eigenvalue weighted by molar-refractivity contribution is 5.83. The van der Waals surface area contributed by atoms with Crippen LogP contribution >= 0.6 is 0 Å². The van der Waals surface area contributed by atoms with Gasteiger partial charge in [-0.05, 0) is 18.8 Å². The number of carbonyl (C=O) groups excluding carboxylic acids is 1. The third-order valence-electron chi connectivity index (χ3n) is 3.61. The number of ketones is 1. The molecule has 0 spiro atoms. The van der Waals surface area contributed by atoms with Gasteiger partial charge in [0.15, 0.2) is 0 Å². The molecule has 13 heavy (non-hydrogen) atoms. The van der Waals surface area contributed by atoms with Gasteiger partial charge in [-0.1, -0.05) is 6.92 Å². The lowest BCUT2D eigenvalue weighted by atomic mass is 9.74. The molecule has 3 unspecified atom stereocenters. The van der Waals surface area contributed by atoms with Crippen molar-refractivity contribution in [1.29, 1.82) is 0 Å². The molecule has 0 aromatic heterocycles. The molecule has 3 atom stereocenters. The fourth-order valence-corrected chi connectivity index (χ4v) is 2.66. The van der Waals surface area contributed by atoms with E-state index in [1.54, 1.807) is 6.92 Å². The predicted molar refractivity (Wildman–Crippen MR) is 44.6 cm³/mol. The summed E-state index contributed by atoms with van der Waals surface area (Å²) in [6.45, 7) is 1.60. The number of hydrogen-bond acceptors (Lipinski definition) is 1. The van der Waals surface area contributed by atoms with E-state index in [0.29, 0.717) is 12.8 Å². The topological polar surface area (TPSA) is 17.1 Å². The molecule has 2 aliphatic carbocycles. The van der Waals surface area contributed by atoms with Crippen LogP contribution in [0.1, 0.15) is 32.6 Å². The molecule has 0 heterocycles. The first-order chi connectivity index (χ1) is 6.00. The second-order valence-electron chi connectivity index (χ2n) is 4.47. The van der Waals surface area contributed by atoms with Crippen LogP contribution in [0.4, 0.5) is 8.78 Å². The molecule has 2 saturated carbocycles. The Hall–Kier alpha value is -0.470. The van der Waals surface area contributed by atoms with E-state index in [9.17, 15) is 13.6 Å². The zero-order valence-corrected chi connectivity index (χ0v) is 7.72. The molecule has 0 bridgehead atoms. The zero-order valence-electron chi connectivity index (χ0n) is 7.72. The average molecular weight is 188 g/mol. The maximum absolute atomic E-state index is 13.3. The first-order valence-electron chi connectivity index (χ1n) is 4.91. The van der Waals surface area contributed by atoms with Crippen molar-refractivity contribution in [2.75, 3.05) is 0 Å². The number of halogens is 2. The second kappa shape index (κ2) is 2.76. The van der Waals surface area contributed by atoms with E-state index in [-0.39, 0.29) is 24.0 Å². The first-order valence-corrected chi connectivity index (χ1v) is 4.91. The summed E-state index contributed by atoms with van der Waals surface area (Å²) in [4.78, 5) is 11.3. The molecule has 0 aliphatic heterocycles. The monoisotopic (exact) mass is 188 g/mol. The number of carbonyl (C=O) groups is 1. The van der Waals surface area contributed by atoms with Crippen LogP contribution in [0.25, 0.3) is 0 Å². The van der Waals surface area contributed by atoms with Crippen molar-refractivity contribution in [3.63, 3.8) is 0 Å². The fraction of sp³-hybridized carbons (Fsp3) is 0.900. The van der Waals surface area contributed by atoms with E-state index < -0.39 is 11.8 Å². The Kier molecular flexibility index (Phi) is 1.93. The molecule has 0 aromatic carbocycles. The summed E-state index contributed by atoms with van der Waals surface area (Å²) in [7, 11) is 0. The summed E-state index contributed by atoms with van der Waals surface area (Å²) in [5.74, 6) is -3.16. The third-order valence-corrected chi connectivity index (χ3v) is 3.61. The van der Waals surface area contributed by atoms with Crippen LogP contribution in [-0.4, -0.2) is 11.7 Å². The number of rotatable bonds is 0. The first kappa shape index (κ1) is 9.10. The Bertz CT molecular complexity index is 237. The standard InChI is InChI=1S/C10H14F2O/c1-6-4-7-2-3-9(13)8(7)5-10(6,11)12/h6-8H,2-5H2,1H3. The summed E-state index contributed by atoms with van der Waals surface area (Å²) in [6.07, 6.45) is 1.70. The van der Waals surface area contributed by atoms with Crippen LogP contribution in [0.5, 0.6) is 0 Å². The predicted octanol–water partition coefficient (Wildman–Crippen LogP) is 2.65. The van der Waals surface area contributed by atoms with Crippen LogP contribution in [-0.2, 0) is 4.79 Å². The maximum atomic E-state index is 13.3. The van der Waals surface area contributed by atoms with Crippen molar-refractivity contribution in [3.05, 3.63) is 0 Å². The summed E-state index contributed by atoms with van der Waals surface area (Å²) in [5, 5.41) is 0. The zero-order chi connectivity index (χ0) is 9.64. The molecule has 0 radical (unpaired) electrons. The smallest absolute Gasteiger partial charge is 0.251 e. The van der Waals surface area contributed by atoms with Gasteiger partial charge < -0.3 is 0 Å².